The van der Waals surface area contributed by atoms with Gasteiger partial charge in [0.1, 0.15) is 5.75 Å². The van der Waals surface area contributed by atoms with E-state index in [0.29, 0.717) is 0 Å². The Bertz CT molecular complexity index is 800. The Labute approximate surface area is 147 Å². The molecule has 25 heavy (non-hydrogen) atoms. The van der Waals surface area contributed by atoms with Crippen LogP contribution in [0.4, 0.5) is 0 Å². The van der Waals surface area contributed by atoms with Gasteiger partial charge < -0.3 is 10.1 Å². The molecule has 0 amide bonds. The second-order valence-electron chi connectivity index (χ2n) is 6.14. The van der Waals surface area contributed by atoms with E-state index < -0.39 is 0 Å². The van der Waals surface area contributed by atoms with Crippen molar-refractivity contribution in [3.8, 4) is 11.4 Å². The van der Waals surface area contributed by atoms with Crippen molar-refractivity contribution in [2.75, 3.05) is 7.11 Å². The number of rotatable bonds is 7. The van der Waals surface area contributed by atoms with Crippen LogP contribution in [-0.2, 0) is 12.1 Å². The van der Waals surface area contributed by atoms with Crippen molar-refractivity contribution in [3.05, 3.63) is 66.0 Å². The van der Waals surface area contributed by atoms with E-state index in [1.54, 1.807) is 11.8 Å². The molecule has 1 atom stereocenters. The molecule has 0 saturated carbocycles. The van der Waals surface area contributed by atoms with Crippen molar-refractivity contribution < 1.29 is 4.74 Å². The maximum Gasteiger partial charge on any atom is 0.176 e. The van der Waals surface area contributed by atoms with E-state index in [-0.39, 0.29) is 5.54 Å². The summed E-state index contributed by atoms with van der Waals surface area (Å²) in [5, 5.41) is 16.0. The minimum atomic E-state index is -0.348. The number of hydrogen-bond acceptors (Lipinski definition) is 5. The van der Waals surface area contributed by atoms with Crippen molar-refractivity contribution in [1.82, 2.24) is 25.5 Å². The summed E-state index contributed by atoms with van der Waals surface area (Å²) in [7, 11) is 1.65. The van der Waals surface area contributed by atoms with Crippen LogP contribution >= 0.6 is 0 Å². The van der Waals surface area contributed by atoms with E-state index in [4.69, 9.17) is 4.74 Å². The molecule has 1 heterocycles. The molecule has 130 valence electrons. The summed E-state index contributed by atoms with van der Waals surface area (Å²) >= 11 is 0. The van der Waals surface area contributed by atoms with Gasteiger partial charge in [-0.3, -0.25) is 0 Å². The van der Waals surface area contributed by atoms with Crippen molar-refractivity contribution >= 4 is 0 Å². The predicted octanol–water partition coefficient (Wildman–Crippen LogP) is 3.09. The van der Waals surface area contributed by atoms with Gasteiger partial charge in [-0.15, -0.1) is 5.10 Å². The topological polar surface area (TPSA) is 64.9 Å². The third-order valence-corrected chi connectivity index (χ3v) is 4.51. The Balaban J connectivity index is 1.86. The van der Waals surface area contributed by atoms with Gasteiger partial charge in [0.25, 0.3) is 0 Å². The third kappa shape index (κ3) is 3.69. The number of ether oxygens (including phenoxy) is 1. The Morgan fingerprint density at radius 1 is 1.08 bits per heavy atom. The number of nitrogens with zero attached hydrogens (tertiary/aromatic N) is 4. The van der Waals surface area contributed by atoms with E-state index in [9.17, 15) is 0 Å². The molecule has 0 aliphatic rings. The van der Waals surface area contributed by atoms with Crippen LogP contribution in [0.2, 0.25) is 0 Å². The van der Waals surface area contributed by atoms with Crippen molar-refractivity contribution in [2.24, 2.45) is 0 Å². The second kappa shape index (κ2) is 7.44. The van der Waals surface area contributed by atoms with Crippen LogP contribution in [0, 0.1) is 0 Å². The monoisotopic (exact) mass is 337 g/mol. The van der Waals surface area contributed by atoms with E-state index >= 15 is 0 Å². The van der Waals surface area contributed by atoms with Crippen LogP contribution in [0.5, 0.6) is 5.75 Å². The summed E-state index contributed by atoms with van der Waals surface area (Å²) in [5.41, 5.74) is 1.78. The summed E-state index contributed by atoms with van der Waals surface area (Å²) in [5.74, 6) is 1.59. The van der Waals surface area contributed by atoms with Crippen molar-refractivity contribution in [1.29, 1.82) is 0 Å². The molecule has 0 aliphatic heterocycles. The molecule has 1 aromatic heterocycles. The zero-order valence-electron chi connectivity index (χ0n) is 14.8. The van der Waals surface area contributed by atoms with Crippen LogP contribution < -0.4 is 10.1 Å². The fraction of sp³-hybridized carbons (Fsp3) is 0.316. The smallest absolute Gasteiger partial charge is 0.176 e. The lowest BCUT2D eigenvalue weighted by molar-refractivity contribution is 0.324. The molecule has 0 fully saturated rings. The molecule has 6 heteroatoms. The molecule has 0 bridgehead atoms. The number of hydrogen-bond donors (Lipinski definition) is 1. The Kier molecular flexibility index (Phi) is 5.09. The maximum atomic E-state index is 5.22. The highest BCUT2D eigenvalue weighted by molar-refractivity contribution is 5.37. The zero-order chi connectivity index (χ0) is 17.7. The Morgan fingerprint density at radius 3 is 2.44 bits per heavy atom. The molecule has 3 aromatic rings. The molecule has 1 N–H and O–H groups in total. The maximum absolute atomic E-state index is 5.22. The fourth-order valence-corrected chi connectivity index (χ4v) is 2.68. The highest BCUT2D eigenvalue weighted by Crippen LogP contribution is 2.25. The first-order valence-corrected chi connectivity index (χ1v) is 8.38. The van der Waals surface area contributed by atoms with Gasteiger partial charge in [0, 0.05) is 6.54 Å². The predicted molar refractivity (Wildman–Crippen MR) is 96.6 cm³/mol. The highest BCUT2D eigenvalue weighted by atomic mass is 16.5. The fourth-order valence-electron chi connectivity index (χ4n) is 2.68. The first-order valence-electron chi connectivity index (χ1n) is 8.38. The van der Waals surface area contributed by atoms with Gasteiger partial charge in [0.15, 0.2) is 5.82 Å². The average molecular weight is 337 g/mol. The van der Waals surface area contributed by atoms with Crippen molar-refractivity contribution in [2.45, 2.75) is 32.4 Å². The van der Waals surface area contributed by atoms with Crippen LogP contribution in [0.3, 0.4) is 0 Å². The van der Waals surface area contributed by atoms with Gasteiger partial charge in [-0.05, 0) is 53.6 Å². The van der Waals surface area contributed by atoms with Crippen molar-refractivity contribution in [3.63, 3.8) is 0 Å². The molecule has 0 saturated heterocycles. The van der Waals surface area contributed by atoms with Crippen LogP contribution in [0.1, 0.15) is 31.7 Å². The van der Waals surface area contributed by atoms with Crippen LogP contribution in [0.15, 0.2) is 54.6 Å². The normalized spacial score (nSPS) is 13.4. The van der Waals surface area contributed by atoms with Gasteiger partial charge >= 0.3 is 0 Å². The summed E-state index contributed by atoms with van der Waals surface area (Å²) < 4.78 is 7.00. The highest BCUT2D eigenvalue weighted by Gasteiger charge is 2.31. The van der Waals surface area contributed by atoms with Crippen LogP contribution in [-0.4, -0.2) is 27.3 Å². The molecular weight excluding hydrogens is 314 g/mol. The molecule has 2 aromatic carbocycles. The first kappa shape index (κ1) is 17.1. The second-order valence-corrected chi connectivity index (χ2v) is 6.14. The number of tetrazole rings is 1. The van der Waals surface area contributed by atoms with E-state index in [0.717, 1.165) is 30.2 Å². The lowest BCUT2D eigenvalue weighted by Gasteiger charge is -2.28. The third-order valence-electron chi connectivity index (χ3n) is 4.51. The van der Waals surface area contributed by atoms with Gasteiger partial charge in [-0.25, -0.2) is 0 Å². The minimum Gasteiger partial charge on any atom is -0.497 e. The van der Waals surface area contributed by atoms with Gasteiger partial charge in [0.2, 0.25) is 0 Å². The largest absolute Gasteiger partial charge is 0.497 e. The molecule has 0 radical (unpaired) electrons. The minimum absolute atomic E-state index is 0.348. The van der Waals surface area contributed by atoms with Crippen LogP contribution in [0.25, 0.3) is 5.69 Å². The van der Waals surface area contributed by atoms with E-state index in [1.165, 1.54) is 5.56 Å². The Hall–Kier alpha value is -2.73. The number of methoxy groups -OCH3 is 1. The molecular formula is C19H23N5O. The first-order chi connectivity index (χ1) is 12.2. The standard InChI is InChI=1S/C19H23N5O/c1-4-19(2,20-14-15-8-6-5-7-9-15)18-21-22-23-24(18)16-10-12-17(25-3)13-11-16/h5-13,20H,4,14H2,1-3H3/t19-/m1/s1. The molecule has 3 rings (SSSR count). The number of aromatic nitrogens is 4. The molecule has 0 unspecified atom stereocenters. The quantitative estimate of drug-likeness (QED) is 0.718. The van der Waals surface area contributed by atoms with Gasteiger partial charge in [-0.2, -0.15) is 4.68 Å². The summed E-state index contributed by atoms with van der Waals surface area (Å²) in [6.45, 7) is 5.01. The molecule has 0 aliphatic carbocycles. The zero-order valence-corrected chi connectivity index (χ0v) is 14.8. The van der Waals surface area contributed by atoms with E-state index in [1.807, 2.05) is 42.5 Å². The SMILES string of the molecule is CC[C@@](C)(NCc1ccccc1)c1nnnn1-c1ccc(OC)cc1. The molecule has 6 nitrogen and oxygen atoms in total. The summed E-state index contributed by atoms with van der Waals surface area (Å²) in [4.78, 5) is 0. The number of nitrogens with one attached hydrogen (secondary N) is 1. The number of benzene rings is 2. The summed E-state index contributed by atoms with van der Waals surface area (Å²) in [6, 6.07) is 18.0. The average Bonchev–Trinajstić information content (AvgIpc) is 3.17. The van der Waals surface area contributed by atoms with Gasteiger partial charge in [0.05, 0.1) is 18.3 Å². The summed E-state index contributed by atoms with van der Waals surface area (Å²) in [6.07, 6.45) is 0.858. The Morgan fingerprint density at radius 2 is 1.80 bits per heavy atom. The lowest BCUT2D eigenvalue weighted by atomic mass is 9.97. The van der Waals surface area contributed by atoms with Gasteiger partial charge in [-0.1, -0.05) is 37.3 Å². The lowest BCUT2D eigenvalue weighted by Crippen LogP contribution is -2.41. The van der Waals surface area contributed by atoms with E-state index in [2.05, 4.69) is 46.8 Å². The molecule has 0 spiro atoms.